The van der Waals surface area contributed by atoms with Gasteiger partial charge in [-0.05, 0) is 61.1 Å². The Labute approximate surface area is 117 Å². The van der Waals surface area contributed by atoms with Crippen molar-refractivity contribution in [1.29, 1.82) is 0 Å². The summed E-state index contributed by atoms with van der Waals surface area (Å²) < 4.78 is 31.9. The predicted octanol–water partition coefficient (Wildman–Crippen LogP) is 4.42. The highest BCUT2D eigenvalue weighted by Crippen LogP contribution is 2.26. The van der Waals surface area contributed by atoms with Gasteiger partial charge in [0.1, 0.15) is 24.0 Å². The molecule has 2 aromatic rings. The molecule has 104 valence electrons. The van der Waals surface area contributed by atoms with Gasteiger partial charge in [0.15, 0.2) is 0 Å². The summed E-state index contributed by atoms with van der Waals surface area (Å²) >= 11 is 0. The molecule has 0 radical (unpaired) electrons. The Morgan fingerprint density at radius 1 is 0.900 bits per heavy atom. The zero-order valence-corrected chi connectivity index (χ0v) is 11.2. The van der Waals surface area contributed by atoms with Gasteiger partial charge in [0, 0.05) is 11.6 Å². The van der Waals surface area contributed by atoms with Crippen molar-refractivity contribution in [1.82, 2.24) is 0 Å². The lowest BCUT2D eigenvalue weighted by Crippen LogP contribution is -2.04. The molecule has 0 saturated heterocycles. The highest BCUT2D eigenvalue weighted by Gasteiger charge is 2.10. The highest BCUT2D eigenvalue weighted by molar-refractivity contribution is 5.37. The van der Waals surface area contributed by atoms with Crippen molar-refractivity contribution in [2.24, 2.45) is 0 Å². The van der Waals surface area contributed by atoms with Gasteiger partial charge in [-0.2, -0.15) is 0 Å². The Hall–Kier alpha value is -1.90. The highest BCUT2D eigenvalue weighted by atomic mass is 19.1. The quantitative estimate of drug-likeness (QED) is 0.805. The average Bonchev–Trinajstić information content (AvgIpc) is 2.46. The molecule has 1 nitrogen and oxygen atoms in total. The molecule has 3 rings (SSSR count). The van der Waals surface area contributed by atoms with E-state index < -0.39 is 11.6 Å². The number of ether oxygens (including phenoxy) is 1. The third kappa shape index (κ3) is 2.82. The molecule has 0 spiro atoms. The molecular formula is C17H16F2O. The fourth-order valence-corrected chi connectivity index (χ4v) is 2.60. The molecule has 0 unspecified atom stereocenters. The van der Waals surface area contributed by atoms with E-state index >= 15 is 0 Å². The van der Waals surface area contributed by atoms with E-state index in [1.54, 1.807) is 0 Å². The maximum atomic E-state index is 13.5. The first-order valence-corrected chi connectivity index (χ1v) is 6.91. The molecule has 1 aliphatic rings. The van der Waals surface area contributed by atoms with E-state index in [1.165, 1.54) is 36.1 Å². The molecule has 0 aromatic heterocycles. The maximum absolute atomic E-state index is 13.5. The van der Waals surface area contributed by atoms with Crippen molar-refractivity contribution in [3.63, 3.8) is 0 Å². The second-order valence-electron chi connectivity index (χ2n) is 5.16. The van der Waals surface area contributed by atoms with Crippen LogP contribution in [-0.2, 0) is 19.4 Å². The lowest BCUT2D eigenvalue weighted by Gasteiger charge is -2.17. The summed E-state index contributed by atoms with van der Waals surface area (Å²) in [6, 6.07) is 9.59. The molecule has 0 atom stereocenters. The third-order valence-corrected chi connectivity index (χ3v) is 3.73. The van der Waals surface area contributed by atoms with E-state index in [0.29, 0.717) is 5.56 Å². The normalized spacial score (nSPS) is 13.9. The molecule has 2 aromatic carbocycles. The van der Waals surface area contributed by atoms with Crippen molar-refractivity contribution in [2.45, 2.75) is 32.3 Å². The summed E-state index contributed by atoms with van der Waals surface area (Å²) in [4.78, 5) is 0. The van der Waals surface area contributed by atoms with Crippen LogP contribution in [0.1, 0.15) is 29.5 Å². The van der Waals surface area contributed by atoms with Gasteiger partial charge in [-0.25, -0.2) is 8.78 Å². The van der Waals surface area contributed by atoms with Crippen LogP contribution in [0.4, 0.5) is 8.78 Å². The smallest absolute Gasteiger partial charge is 0.132 e. The van der Waals surface area contributed by atoms with Gasteiger partial charge < -0.3 is 4.74 Å². The van der Waals surface area contributed by atoms with Gasteiger partial charge in [0.25, 0.3) is 0 Å². The van der Waals surface area contributed by atoms with Crippen LogP contribution >= 0.6 is 0 Å². The zero-order valence-electron chi connectivity index (χ0n) is 11.2. The first-order valence-electron chi connectivity index (χ1n) is 6.91. The third-order valence-electron chi connectivity index (χ3n) is 3.73. The summed E-state index contributed by atoms with van der Waals surface area (Å²) in [7, 11) is 0. The standard InChI is InChI=1S/C17H16F2O/c18-15-7-5-14(17(19)10-15)11-20-16-8-6-12-3-1-2-4-13(12)9-16/h5-10H,1-4,11H2. The van der Waals surface area contributed by atoms with Crippen LogP contribution in [0.25, 0.3) is 0 Å². The van der Waals surface area contributed by atoms with E-state index in [9.17, 15) is 8.78 Å². The number of halogens is 2. The van der Waals surface area contributed by atoms with Gasteiger partial charge in [-0.15, -0.1) is 0 Å². The molecule has 0 fully saturated rings. The Morgan fingerprint density at radius 2 is 1.70 bits per heavy atom. The monoisotopic (exact) mass is 274 g/mol. The zero-order chi connectivity index (χ0) is 13.9. The first-order chi connectivity index (χ1) is 9.72. The number of hydrogen-bond donors (Lipinski definition) is 0. The largest absolute Gasteiger partial charge is 0.489 e. The van der Waals surface area contributed by atoms with Crippen LogP contribution in [0, 0.1) is 11.6 Å². The molecule has 0 bridgehead atoms. The lowest BCUT2D eigenvalue weighted by molar-refractivity contribution is 0.299. The van der Waals surface area contributed by atoms with Crippen LogP contribution in [0.3, 0.4) is 0 Å². The van der Waals surface area contributed by atoms with Crippen LogP contribution < -0.4 is 4.74 Å². The lowest BCUT2D eigenvalue weighted by atomic mass is 9.92. The number of rotatable bonds is 3. The van der Waals surface area contributed by atoms with E-state index in [2.05, 4.69) is 6.07 Å². The summed E-state index contributed by atoms with van der Waals surface area (Å²) in [5, 5.41) is 0. The van der Waals surface area contributed by atoms with Crippen molar-refractivity contribution < 1.29 is 13.5 Å². The summed E-state index contributed by atoms with van der Waals surface area (Å²) in [5.41, 5.74) is 3.08. The summed E-state index contributed by atoms with van der Waals surface area (Å²) in [5.74, 6) is -0.391. The van der Waals surface area contributed by atoms with Crippen LogP contribution in [0.15, 0.2) is 36.4 Å². The molecule has 0 aliphatic heterocycles. The fraction of sp³-hybridized carbons (Fsp3) is 0.294. The molecule has 0 saturated carbocycles. The summed E-state index contributed by atoms with van der Waals surface area (Å²) in [6.07, 6.45) is 4.66. The SMILES string of the molecule is Fc1ccc(COc2ccc3c(c2)CCCC3)c(F)c1. The Bertz CT molecular complexity index is 622. The van der Waals surface area contributed by atoms with Gasteiger partial charge in [-0.1, -0.05) is 6.07 Å². The Morgan fingerprint density at radius 3 is 2.50 bits per heavy atom. The second kappa shape index (κ2) is 5.61. The van der Waals surface area contributed by atoms with Crippen molar-refractivity contribution in [3.05, 3.63) is 64.7 Å². The molecular weight excluding hydrogens is 258 g/mol. The fourth-order valence-electron chi connectivity index (χ4n) is 2.60. The van der Waals surface area contributed by atoms with Crippen LogP contribution in [0.5, 0.6) is 5.75 Å². The minimum atomic E-state index is -0.569. The maximum Gasteiger partial charge on any atom is 0.132 e. The Balaban J connectivity index is 1.72. The number of fused-ring (bicyclic) bond motifs is 1. The van der Waals surface area contributed by atoms with Gasteiger partial charge in [0.2, 0.25) is 0 Å². The van der Waals surface area contributed by atoms with Crippen molar-refractivity contribution in [2.75, 3.05) is 0 Å². The minimum Gasteiger partial charge on any atom is -0.489 e. The number of aryl methyl sites for hydroxylation is 2. The second-order valence-corrected chi connectivity index (χ2v) is 5.16. The van der Waals surface area contributed by atoms with Gasteiger partial charge in [-0.3, -0.25) is 0 Å². The minimum absolute atomic E-state index is 0.116. The van der Waals surface area contributed by atoms with E-state index in [4.69, 9.17) is 4.74 Å². The van der Waals surface area contributed by atoms with E-state index in [1.807, 2.05) is 12.1 Å². The van der Waals surface area contributed by atoms with Gasteiger partial charge >= 0.3 is 0 Å². The van der Waals surface area contributed by atoms with E-state index in [0.717, 1.165) is 24.7 Å². The molecule has 0 heterocycles. The molecule has 1 aliphatic carbocycles. The molecule has 20 heavy (non-hydrogen) atoms. The molecule has 3 heteroatoms. The van der Waals surface area contributed by atoms with Crippen molar-refractivity contribution >= 4 is 0 Å². The van der Waals surface area contributed by atoms with Crippen LogP contribution in [0.2, 0.25) is 0 Å². The van der Waals surface area contributed by atoms with Crippen molar-refractivity contribution in [3.8, 4) is 5.75 Å². The molecule has 0 amide bonds. The predicted molar refractivity (Wildman–Crippen MR) is 73.8 cm³/mol. The number of hydrogen-bond acceptors (Lipinski definition) is 1. The first kappa shape index (κ1) is 13.1. The van der Waals surface area contributed by atoms with Crippen LogP contribution in [-0.4, -0.2) is 0 Å². The topological polar surface area (TPSA) is 9.23 Å². The van der Waals surface area contributed by atoms with E-state index in [-0.39, 0.29) is 6.61 Å². The average molecular weight is 274 g/mol. The van der Waals surface area contributed by atoms with Gasteiger partial charge in [0.05, 0.1) is 0 Å². The number of benzene rings is 2. The molecule has 0 N–H and O–H groups in total. The summed E-state index contributed by atoms with van der Waals surface area (Å²) in [6.45, 7) is 0.116. The Kier molecular flexibility index (Phi) is 3.68.